The summed E-state index contributed by atoms with van der Waals surface area (Å²) in [6.45, 7) is 1.91. The van der Waals surface area contributed by atoms with E-state index in [9.17, 15) is 9.59 Å². The molecule has 0 amide bonds. The Morgan fingerprint density at radius 1 is 1.15 bits per heavy atom. The van der Waals surface area contributed by atoms with Crippen LogP contribution < -0.4 is 10.1 Å². The highest BCUT2D eigenvalue weighted by molar-refractivity contribution is 6.42. The van der Waals surface area contributed by atoms with Crippen LogP contribution in [0.25, 0.3) is 0 Å². The van der Waals surface area contributed by atoms with Gasteiger partial charge in [0.2, 0.25) is 0 Å². The zero-order valence-electron chi connectivity index (χ0n) is 14.1. The molecule has 1 aliphatic rings. The van der Waals surface area contributed by atoms with Crippen molar-refractivity contribution in [3.63, 3.8) is 0 Å². The van der Waals surface area contributed by atoms with Crippen molar-refractivity contribution < 1.29 is 23.8 Å². The van der Waals surface area contributed by atoms with E-state index < -0.39 is 18.2 Å². The lowest BCUT2D eigenvalue weighted by Gasteiger charge is -2.17. The number of benzene rings is 2. The van der Waals surface area contributed by atoms with E-state index in [0.29, 0.717) is 17.0 Å². The normalized spacial score (nSPS) is 16.3. The Morgan fingerprint density at radius 3 is 2.54 bits per heavy atom. The van der Waals surface area contributed by atoms with Gasteiger partial charge in [-0.25, -0.2) is 9.59 Å². The summed E-state index contributed by atoms with van der Waals surface area (Å²) in [6.07, 6.45) is -1.27. The van der Waals surface area contributed by atoms with Crippen LogP contribution in [-0.4, -0.2) is 25.3 Å². The minimum atomic E-state index is -1.27. The third kappa shape index (κ3) is 3.65. The number of carbonyl (C=O) groups is 2. The maximum Gasteiger partial charge on any atom is 0.355 e. The summed E-state index contributed by atoms with van der Waals surface area (Å²) in [4.78, 5) is 24.1. The smallest absolute Gasteiger partial charge is 0.355 e. The van der Waals surface area contributed by atoms with Crippen LogP contribution in [0.5, 0.6) is 5.75 Å². The first kappa shape index (κ1) is 17.8. The molecule has 0 saturated carbocycles. The number of methoxy groups -OCH3 is 1. The van der Waals surface area contributed by atoms with Gasteiger partial charge in [-0.1, -0.05) is 41.4 Å². The van der Waals surface area contributed by atoms with E-state index in [1.807, 2.05) is 6.92 Å². The van der Waals surface area contributed by atoms with Gasteiger partial charge < -0.3 is 19.5 Å². The van der Waals surface area contributed by atoms with E-state index in [4.69, 9.17) is 25.8 Å². The van der Waals surface area contributed by atoms with Gasteiger partial charge in [0.1, 0.15) is 11.4 Å². The van der Waals surface area contributed by atoms with Crippen LogP contribution in [0, 0.1) is 6.92 Å². The molecule has 2 aromatic rings. The second kappa shape index (κ2) is 7.49. The summed E-state index contributed by atoms with van der Waals surface area (Å²) in [5, 5.41) is 2.77. The number of rotatable bonds is 5. The molecular formula is C19H16ClNO5. The standard InChI is InChI=1S/C19H16ClNO5/c1-11-7-9-12(10-8-11)17(22)25-19-16(15(20)18(23)26-19)21-13-5-3-4-6-14(13)24-2/h3-10,19,21H,1-2H3. The fraction of sp³-hybridized carbons (Fsp3) is 0.158. The lowest BCUT2D eigenvalue weighted by molar-refractivity contribution is -0.152. The molecule has 7 heteroatoms. The Balaban J connectivity index is 1.81. The number of halogens is 1. The molecule has 2 aromatic carbocycles. The van der Waals surface area contributed by atoms with E-state index in [2.05, 4.69) is 5.32 Å². The number of hydrogen-bond acceptors (Lipinski definition) is 6. The molecular weight excluding hydrogens is 358 g/mol. The summed E-state index contributed by atoms with van der Waals surface area (Å²) in [7, 11) is 1.52. The third-order valence-electron chi connectivity index (χ3n) is 3.74. The largest absolute Gasteiger partial charge is 0.495 e. The van der Waals surface area contributed by atoms with Gasteiger partial charge in [0.05, 0.1) is 18.4 Å². The van der Waals surface area contributed by atoms with Crippen molar-refractivity contribution in [2.75, 3.05) is 12.4 Å². The van der Waals surface area contributed by atoms with Crippen molar-refractivity contribution in [1.29, 1.82) is 0 Å². The lowest BCUT2D eigenvalue weighted by Crippen LogP contribution is -2.24. The van der Waals surface area contributed by atoms with Crippen molar-refractivity contribution in [3.8, 4) is 5.75 Å². The van der Waals surface area contributed by atoms with E-state index in [1.54, 1.807) is 48.5 Å². The molecule has 134 valence electrons. The predicted octanol–water partition coefficient (Wildman–Crippen LogP) is 3.61. The Kier molecular flexibility index (Phi) is 5.14. The Bertz CT molecular complexity index is 876. The van der Waals surface area contributed by atoms with Crippen molar-refractivity contribution in [2.45, 2.75) is 13.2 Å². The van der Waals surface area contributed by atoms with Crippen LogP contribution in [0.15, 0.2) is 59.3 Å². The molecule has 6 nitrogen and oxygen atoms in total. The van der Waals surface area contributed by atoms with Gasteiger partial charge in [0, 0.05) is 0 Å². The molecule has 1 heterocycles. The van der Waals surface area contributed by atoms with Crippen molar-refractivity contribution in [1.82, 2.24) is 0 Å². The first-order valence-corrected chi connectivity index (χ1v) is 8.15. The number of carbonyl (C=O) groups excluding carboxylic acids is 2. The number of nitrogens with one attached hydrogen (secondary N) is 1. The molecule has 0 aliphatic carbocycles. The predicted molar refractivity (Wildman–Crippen MR) is 96.0 cm³/mol. The maximum absolute atomic E-state index is 12.3. The van der Waals surface area contributed by atoms with Crippen LogP contribution in [0.3, 0.4) is 0 Å². The van der Waals surface area contributed by atoms with Gasteiger partial charge in [-0.3, -0.25) is 0 Å². The van der Waals surface area contributed by atoms with E-state index in [1.165, 1.54) is 7.11 Å². The van der Waals surface area contributed by atoms with Gasteiger partial charge in [-0.2, -0.15) is 0 Å². The summed E-state index contributed by atoms with van der Waals surface area (Å²) in [5.41, 5.74) is 2.04. The minimum Gasteiger partial charge on any atom is -0.495 e. The molecule has 1 atom stereocenters. The second-order valence-corrected chi connectivity index (χ2v) is 5.94. The van der Waals surface area contributed by atoms with Crippen LogP contribution >= 0.6 is 11.6 Å². The van der Waals surface area contributed by atoms with Gasteiger partial charge in [-0.15, -0.1) is 0 Å². The number of esters is 2. The maximum atomic E-state index is 12.3. The van der Waals surface area contributed by atoms with Crippen molar-refractivity contribution in [3.05, 3.63) is 70.4 Å². The van der Waals surface area contributed by atoms with Gasteiger partial charge in [0.25, 0.3) is 6.29 Å². The average Bonchev–Trinajstić information content (AvgIpc) is 2.90. The molecule has 0 radical (unpaired) electrons. The zero-order chi connectivity index (χ0) is 18.7. The SMILES string of the molecule is COc1ccccc1NC1=C(Cl)C(=O)OC1OC(=O)c1ccc(C)cc1. The number of para-hydroxylation sites is 2. The molecule has 1 aliphatic heterocycles. The Labute approximate surface area is 155 Å². The molecule has 0 fully saturated rings. The first-order valence-electron chi connectivity index (χ1n) is 7.78. The summed E-state index contributed by atoms with van der Waals surface area (Å²) in [6, 6.07) is 13.9. The van der Waals surface area contributed by atoms with Crippen LogP contribution in [0.4, 0.5) is 5.69 Å². The minimum absolute atomic E-state index is 0.140. The Morgan fingerprint density at radius 2 is 1.85 bits per heavy atom. The molecule has 0 bridgehead atoms. The van der Waals surface area contributed by atoms with E-state index >= 15 is 0 Å². The number of hydrogen-bond donors (Lipinski definition) is 1. The highest BCUT2D eigenvalue weighted by Gasteiger charge is 2.37. The second-order valence-electron chi connectivity index (χ2n) is 5.56. The number of ether oxygens (including phenoxy) is 3. The highest BCUT2D eigenvalue weighted by atomic mass is 35.5. The topological polar surface area (TPSA) is 73.9 Å². The summed E-state index contributed by atoms with van der Waals surface area (Å²) < 4.78 is 15.6. The van der Waals surface area contributed by atoms with Crippen molar-refractivity contribution in [2.24, 2.45) is 0 Å². The Hall–Kier alpha value is -2.99. The highest BCUT2D eigenvalue weighted by Crippen LogP contribution is 2.32. The van der Waals surface area contributed by atoms with E-state index in [-0.39, 0.29) is 10.7 Å². The fourth-order valence-electron chi connectivity index (χ4n) is 2.37. The van der Waals surface area contributed by atoms with Crippen LogP contribution in [-0.2, 0) is 14.3 Å². The molecule has 1 unspecified atom stereocenters. The fourth-order valence-corrected chi connectivity index (χ4v) is 2.55. The molecule has 0 aromatic heterocycles. The number of cyclic esters (lactones) is 1. The molecule has 0 saturated heterocycles. The first-order chi connectivity index (χ1) is 12.5. The summed E-state index contributed by atoms with van der Waals surface area (Å²) >= 11 is 6.03. The monoisotopic (exact) mass is 373 g/mol. The van der Waals surface area contributed by atoms with Crippen LogP contribution in [0.1, 0.15) is 15.9 Å². The summed E-state index contributed by atoms with van der Waals surface area (Å²) in [5.74, 6) is -0.869. The number of aryl methyl sites for hydroxylation is 1. The quantitative estimate of drug-likeness (QED) is 0.807. The van der Waals surface area contributed by atoms with Crippen molar-refractivity contribution >= 4 is 29.2 Å². The molecule has 0 spiro atoms. The number of anilines is 1. The van der Waals surface area contributed by atoms with Gasteiger partial charge in [-0.05, 0) is 31.2 Å². The zero-order valence-corrected chi connectivity index (χ0v) is 14.9. The molecule has 3 rings (SSSR count). The van der Waals surface area contributed by atoms with Gasteiger partial charge in [0.15, 0.2) is 5.03 Å². The molecule has 26 heavy (non-hydrogen) atoms. The average molecular weight is 374 g/mol. The molecule has 1 N–H and O–H groups in total. The van der Waals surface area contributed by atoms with Gasteiger partial charge >= 0.3 is 11.9 Å². The third-order valence-corrected chi connectivity index (χ3v) is 4.10. The lowest BCUT2D eigenvalue weighted by atomic mass is 10.1. The van der Waals surface area contributed by atoms with E-state index in [0.717, 1.165) is 5.56 Å². The van der Waals surface area contributed by atoms with Crippen LogP contribution in [0.2, 0.25) is 0 Å².